The Morgan fingerprint density at radius 1 is 1.22 bits per heavy atom. The van der Waals surface area contributed by atoms with Crippen LogP contribution in [0.4, 0.5) is 0 Å². The molecule has 146 valence electrons. The third-order valence-corrected chi connectivity index (χ3v) is 5.07. The molecule has 1 aliphatic heterocycles. The number of carbonyl (C=O) groups excluding carboxylic acids is 1. The highest BCUT2D eigenvalue weighted by atomic mass is 16.5. The summed E-state index contributed by atoms with van der Waals surface area (Å²) in [4.78, 5) is 36.2. The third kappa shape index (κ3) is 3.90. The van der Waals surface area contributed by atoms with E-state index in [1.165, 1.54) is 7.11 Å². The van der Waals surface area contributed by atoms with Gasteiger partial charge in [-0.3, -0.25) is 14.5 Å². The molecular formula is C19H26N4O4. The average Bonchev–Trinajstić information content (AvgIpc) is 2.82. The number of hydrogen-bond donors (Lipinski definition) is 1. The lowest BCUT2D eigenvalue weighted by Gasteiger charge is -2.28. The molecule has 1 amide bonds. The Kier molecular flexibility index (Phi) is 5.65. The lowest BCUT2D eigenvalue weighted by Crippen LogP contribution is -2.44. The molecule has 0 spiro atoms. The van der Waals surface area contributed by atoms with Crippen LogP contribution in [0, 0.1) is 0 Å². The van der Waals surface area contributed by atoms with E-state index in [9.17, 15) is 9.59 Å². The van der Waals surface area contributed by atoms with E-state index in [4.69, 9.17) is 9.47 Å². The Morgan fingerprint density at radius 2 is 1.93 bits per heavy atom. The second-order valence-electron chi connectivity index (χ2n) is 6.92. The number of aromatic amines is 1. The second-order valence-corrected chi connectivity index (χ2v) is 6.92. The minimum atomic E-state index is -0.242. The molecule has 2 aromatic rings. The molecule has 2 heterocycles. The first kappa shape index (κ1) is 19.2. The van der Waals surface area contributed by atoms with Crippen molar-refractivity contribution in [2.24, 2.45) is 0 Å². The Balaban J connectivity index is 1.90. The predicted octanol–water partition coefficient (Wildman–Crippen LogP) is 1.38. The van der Waals surface area contributed by atoms with Crippen LogP contribution in [0.3, 0.4) is 0 Å². The highest BCUT2D eigenvalue weighted by Crippen LogP contribution is 2.30. The number of aromatic nitrogens is 2. The number of methoxy groups -OCH3 is 2. The summed E-state index contributed by atoms with van der Waals surface area (Å²) < 4.78 is 10.6. The van der Waals surface area contributed by atoms with Crippen LogP contribution < -0.4 is 15.0 Å². The number of fused-ring (bicyclic) bond motifs is 1. The molecule has 1 saturated heterocycles. The van der Waals surface area contributed by atoms with Gasteiger partial charge in [0.25, 0.3) is 5.56 Å². The molecule has 0 saturated carbocycles. The quantitative estimate of drug-likeness (QED) is 0.851. The lowest BCUT2D eigenvalue weighted by atomic mass is 10.1. The number of nitrogens with one attached hydrogen (secondary N) is 1. The molecule has 0 radical (unpaired) electrons. The summed E-state index contributed by atoms with van der Waals surface area (Å²) in [5.41, 5.74) is 0.290. The largest absolute Gasteiger partial charge is 0.493 e. The second kappa shape index (κ2) is 7.96. The molecular weight excluding hydrogens is 348 g/mol. The van der Waals surface area contributed by atoms with E-state index in [0.29, 0.717) is 34.8 Å². The van der Waals surface area contributed by atoms with Crippen LogP contribution in [-0.4, -0.2) is 66.6 Å². The minimum absolute atomic E-state index is 0.115. The summed E-state index contributed by atoms with van der Waals surface area (Å²) in [5.74, 6) is 1.63. The van der Waals surface area contributed by atoms with Gasteiger partial charge in [-0.05, 0) is 32.4 Å². The maximum absolute atomic E-state index is 12.6. The summed E-state index contributed by atoms with van der Waals surface area (Å²) in [6.45, 7) is 1.17. The first-order valence-electron chi connectivity index (χ1n) is 9.04. The summed E-state index contributed by atoms with van der Waals surface area (Å²) in [6.07, 6.45) is 2.82. The van der Waals surface area contributed by atoms with Gasteiger partial charge in [0.05, 0.1) is 37.7 Å². The van der Waals surface area contributed by atoms with Gasteiger partial charge in [-0.25, -0.2) is 4.98 Å². The van der Waals surface area contributed by atoms with Crippen molar-refractivity contribution in [3.63, 3.8) is 0 Å². The van der Waals surface area contributed by atoms with Crippen LogP contribution in [-0.2, 0) is 11.3 Å². The van der Waals surface area contributed by atoms with Crippen LogP contribution in [0.1, 0.15) is 25.1 Å². The number of rotatable bonds is 5. The number of benzene rings is 1. The first-order chi connectivity index (χ1) is 12.9. The van der Waals surface area contributed by atoms with E-state index >= 15 is 0 Å². The fraction of sp³-hybridized carbons (Fsp3) is 0.526. The van der Waals surface area contributed by atoms with Crippen molar-refractivity contribution in [3.8, 4) is 11.5 Å². The van der Waals surface area contributed by atoms with E-state index in [0.717, 1.165) is 25.8 Å². The molecule has 8 nitrogen and oxygen atoms in total. The van der Waals surface area contributed by atoms with Crippen LogP contribution in [0.25, 0.3) is 10.9 Å². The van der Waals surface area contributed by atoms with Crippen LogP contribution in [0.15, 0.2) is 16.9 Å². The van der Waals surface area contributed by atoms with Crippen molar-refractivity contribution in [2.75, 3.05) is 34.9 Å². The molecule has 0 aliphatic carbocycles. The molecule has 1 unspecified atom stereocenters. The van der Waals surface area contributed by atoms with Gasteiger partial charge in [0, 0.05) is 19.7 Å². The number of nitrogens with zero attached hydrogens (tertiary/aromatic N) is 3. The van der Waals surface area contributed by atoms with Crippen LogP contribution >= 0.6 is 0 Å². The van der Waals surface area contributed by atoms with Crippen molar-refractivity contribution in [2.45, 2.75) is 31.8 Å². The molecule has 1 fully saturated rings. The van der Waals surface area contributed by atoms with E-state index in [2.05, 4.69) is 9.97 Å². The Hall–Kier alpha value is -2.61. The molecule has 1 atom stereocenters. The minimum Gasteiger partial charge on any atom is -0.493 e. The maximum atomic E-state index is 12.6. The smallest absolute Gasteiger partial charge is 0.258 e. The van der Waals surface area contributed by atoms with Crippen LogP contribution in [0.2, 0.25) is 0 Å². The predicted molar refractivity (Wildman–Crippen MR) is 102 cm³/mol. The Morgan fingerprint density at radius 3 is 2.63 bits per heavy atom. The van der Waals surface area contributed by atoms with Crippen LogP contribution in [0.5, 0.6) is 11.5 Å². The van der Waals surface area contributed by atoms with Gasteiger partial charge in [0.1, 0.15) is 5.82 Å². The van der Waals surface area contributed by atoms with Gasteiger partial charge in [-0.15, -0.1) is 0 Å². The zero-order valence-electron chi connectivity index (χ0n) is 16.2. The van der Waals surface area contributed by atoms with Gasteiger partial charge in [0.15, 0.2) is 11.5 Å². The SMILES string of the molecule is COc1cc2nc(CN(C)C3CCCCN(C)C3=O)[nH]c(=O)c2cc1OC. The summed E-state index contributed by atoms with van der Waals surface area (Å²) in [7, 11) is 6.79. The van der Waals surface area contributed by atoms with Crippen molar-refractivity contribution in [1.82, 2.24) is 19.8 Å². The fourth-order valence-corrected chi connectivity index (χ4v) is 3.52. The molecule has 27 heavy (non-hydrogen) atoms. The number of H-pyrrole nitrogens is 1. The Labute approximate surface area is 158 Å². The van der Waals surface area contributed by atoms with Gasteiger partial charge < -0.3 is 19.4 Å². The normalized spacial score (nSPS) is 18.0. The number of hydrogen-bond acceptors (Lipinski definition) is 6. The summed E-state index contributed by atoms with van der Waals surface area (Å²) in [5, 5.41) is 0.435. The number of ether oxygens (including phenoxy) is 2. The first-order valence-corrected chi connectivity index (χ1v) is 9.04. The molecule has 3 rings (SSSR count). The lowest BCUT2D eigenvalue weighted by molar-refractivity contribution is -0.134. The fourth-order valence-electron chi connectivity index (χ4n) is 3.52. The maximum Gasteiger partial charge on any atom is 0.258 e. The highest BCUT2D eigenvalue weighted by molar-refractivity contribution is 5.82. The molecule has 1 aromatic carbocycles. The highest BCUT2D eigenvalue weighted by Gasteiger charge is 2.28. The molecule has 8 heteroatoms. The molecule has 1 aliphatic rings. The molecule has 0 bridgehead atoms. The summed E-state index contributed by atoms with van der Waals surface area (Å²) >= 11 is 0. The standard InChI is InChI=1S/C19H26N4O4/c1-22-8-6-5-7-14(19(22)25)23(2)11-17-20-13-10-16(27-4)15(26-3)9-12(13)18(24)21-17/h9-10,14H,5-8,11H2,1-4H3,(H,20,21,24). The van der Waals surface area contributed by atoms with Crippen molar-refractivity contribution in [1.29, 1.82) is 0 Å². The zero-order chi connectivity index (χ0) is 19.6. The molecule has 1 N–H and O–H groups in total. The van der Waals surface area contributed by atoms with Crippen molar-refractivity contribution < 1.29 is 14.3 Å². The number of carbonyl (C=O) groups is 1. The van der Waals surface area contributed by atoms with E-state index in [-0.39, 0.29) is 17.5 Å². The number of likely N-dealkylation sites (tertiary alicyclic amines) is 1. The summed E-state index contributed by atoms with van der Waals surface area (Å²) in [6, 6.07) is 3.11. The number of amides is 1. The number of likely N-dealkylation sites (N-methyl/N-ethyl adjacent to an activating group) is 2. The van der Waals surface area contributed by atoms with Gasteiger partial charge in [-0.2, -0.15) is 0 Å². The van der Waals surface area contributed by atoms with Gasteiger partial charge >= 0.3 is 0 Å². The monoisotopic (exact) mass is 374 g/mol. The molecule has 1 aromatic heterocycles. The Bertz CT molecular complexity index is 895. The third-order valence-electron chi connectivity index (χ3n) is 5.07. The van der Waals surface area contributed by atoms with E-state index in [1.54, 1.807) is 24.1 Å². The van der Waals surface area contributed by atoms with Gasteiger partial charge in [0.2, 0.25) is 5.91 Å². The van der Waals surface area contributed by atoms with Crippen molar-refractivity contribution in [3.05, 3.63) is 28.3 Å². The van der Waals surface area contributed by atoms with Gasteiger partial charge in [-0.1, -0.05) is 0 Å². The topological polar surface area (TPSA) is 87.8 Å². The van der Waals surface area contributed by atoms with Crippen molar-refractivity contribution >= 4 is 16.8 Å². The van der Waals surface area contributed by atoms with E-state index < -0.39 is 0 Å². The average molecular weight is 374 g/mol. The van der Waals surface area contributed by atoms with E-state index in [1.807, 2.05) is 19.0 Å². The zero-order valence-corrected chi connectivity index (χ0v) is 16.2.